The zero-order valence-corrected chi connectivity index (χ0v) is 20.4. The summed E-state index contributed by atoms with van der Waals surface area (Å²) in [7, 11) is -2.01. The maximum atomic E-state index is 14.8. The maximum absolute atomic E-state index is 14.8. The summed E-state index contributed by atoms with van der Waals surface area (Å²) in [5, 5.41) is 0. The fraction of sp³-hybridized carbons (Fsp3) is 0.458. The van der Waals surface area contributed by atoms with Gasteiger partial charge in [-0.25, -0.2) is 17.6 Å². The standard InChI is InChI=1S/C24H30FN3O4S/c1-6-26(5)11-12-27-14-28(33(30,31)20-10-7-15(2)13-19(20)27)22-17(4)21-18(25)9-8-16(3)23(21)32-24(22)29/h7-10,13,17,22H,6,11-12,14H2,1-5H3/t17-,22+/m1/s1. The Hall–Kier alpha value is -2.49. The number of hydrogen-bond donors (Lipinski definition) is 0. The van der Waals surface area contributed by atoms with Crippen molar-refractivity contribution in [2.75, 3.05) is 38.3 Å². The topological polar surface area (TPSA) is 70.2 Å². The highest BCUT2D eigenvalue weighted by atomic mass is 32.2. The van der Waals surface area contributed by atoms with Gasteiger partial charge in [-0.15, -0.1) is 0 Å². The van der Waals surface area contributed by atoms with Crippen molar-refractivity contribution in [3.63, 3.8) is 0 Å². The lowest BCUT2D eigenvalue weighted by atomic mass is 9.88. The van der Waals surface area contributed by atoms with Gasteiger partial charge in [0.1, 0.15) is 22.5 Å². The average molecular weight is 476 g/mol. The third-order valence-corrected chi connectivity index (χ3v) is 8.53. The van der Waals surface area contributed by atoms with Crippen LogP contribution in [0.15, 0.2) is 35.2 Å². The first-order chi connectivity index (χ1) is 15.6. The molecular formula is C24H30FN3O4S. The molecule has 0 unspecified atom stereocenters. The molecule has 2 aromatic carbocycles. The number of benzene rings is 2. The van der Waals surface area contributed by atoms with Gasteiger partial charge in [-0.2, -0.15) is 4.31 Å². The predicted molar refractivity (Wildman–Crippen MR) is 125 cm³/mol. The highest BCUT2D eigenvalue weighted by Crippen LogP contribution is 2.43. The Kier molecular flexibility index (Phi) is 6.24. The van der Waals surface area contributed by atoms with Crippen LogP contribution in [0.1, 0.15) is 36.5 Å². The summed E-state index contributed by atoms with van der Waals surface area (Å²) in [5.41, 5.74) is 2.44. The minimum Gasteiger partial charge on any atom is -0.425 e. The van der Waals surface area contributed by atoms with Gasteiger partial charge in [0.25, 0.3) is 0 Å². The van der Waals surface area contributed by atoms with Crippen LogP contribution in [-0.2, 0) is 14.8 Å². The molecule has 2 aliphatic rings. The number of carbonyl (C=O) groups is 1. The molecule has 0 bridgehead atoms. The van der Waals surface area contributed by atoms with Crippen LogP contribution >= 0.6 is 0 Å². The number of hydrogen-bond acceptors (Lipinski definition) is 6. The van der Waals surface area contributed by atoms with Gasteiger partial charge in [0.05, 0.1) is 12.4 Å². The molecule has 0 N–H and O–H groups in total. The molecular weight excluding hydrogens is 445 g/mol. The van der Waals surface area contributed by atoms with Crippen molar-refractivity contribution in [2.24, 2.45) is 0 Å². The molecule has 2 heterocycles. The second-order valence-electron chi connectivity index (χ2n) is 8.93. The Labute approximate surface area is 194 Å². The van der Waals surface area contributed by atoms with Crippen LogP contribution in [0.2, 0.25) is 0 Å². The molecule has 7 nitrogen and oxygen atoms in total. The Morgan fingerprint density at radius 3 is 2.64 bits per heavy atom. The molecule has 0 spiro atoms. The van der Waals surface area contributed by atoms with Gasteiger partial charge in [0, 0.05) is 24.6 Å². The molecule has 0 fully saturated rings. The number of aryl methyl sites for hydroxylation is 2. The fourth-order valence-electron chi connectivity index (χ4n) is 4.55. The van der Waals surface area contributed by atoms with Crippen molar-refractivity contribution in [3.8, 4) is 5.75 Å². The van der Waals surface area contributed by atoms with Gasteiger partial charge in [-0.3, -0.25) is 0 Å². The van der Waals surface area contributed by atoms with E-state index in [1.807, 2.05) is 24.9 Å². The molecule has 178 valence electrons. The van der Waals surface area contributed by atoms with Crippen molar-refractivity contribution in [3.05, 3.63) is 52.8 Å². The first kappa shape index (κ1) is 23.7. The van der Waals surface area contributed by atoms with Crippen molar-refractivity contribution in [2.45, 2.75) is 44.6 Å². The van der Waals surface area contributed by atoms with Gasteiger partial charge in [-0.05, 0) is 56.8 Å². The van der Waals surface area contributed by atoms with E-state index in [1.54, 1.807) is 32.0 Å². The number of carbonyl (C=O) groups excluding carboxylic acids is 1. The van der Waals surface area contributed by atoms with Crippen molar-refractivity contribution < 1.29 is 22.3 Å². The average Bonchev–Trinajstić information content (AvgIpc) is 2.76. The minimum atomic E-state index is -4.01. The summed E-state index contributed by atoms with van der Waals surface area (Å²) in [6.45, 7) is 9.53. The van der Waals surface area contributed by atoms with Crippen molar-refractivity contribution >= 4 is 21.7 Å². The van der Waals surface area contributed by atoms with Crippen LogP contribution in [-0.4, -0.2) is 63.0 Å². The van der Waals surface area contributed by atoms with E-state index < -0.39 is 33.8 Å². The highest BCUT2D eigenvalue weighted by molar-refractivity contribution is 7.89. The van der Waals surface area contributed by atoms with Crippen LogP contribution in [0.3, 0.4) is 0 Å². The molecule has 4 rings (SSSR count). The maximum Gasteiger partial charge on any atom is 0.330 e. The lowest BCUT2D eigenvalue weighted by Crippen LogP contribution is -2.57. The molecule has 2 atom stereocenters. The van der Waals surface area contributed by atoms with Crippen LogP contribution in [0, 0.1) is 19.7 Å². The van der Waals surface area contributed by atoms with Crippen LogP contribution in [0.4, 0.5) is 10.1 Å². The van der Waals surface area contributed by atoms with E-state index in [0.717, 1.165) is 18.7 Å². The van der Waals surface area contributed by atoms with Gasteiger partial charge < -0.3 is 14.5 Å². The largest absolute Gasteiger partial charge is 0.425 e. The molecule has 33 heavy (non-hydrogen) atoms. The molecule has 0 aliphatic carbocycles. The number of esters is 1. The normalized spacial score (nSPS) is 22.2. The van der Waals surface area contributed by atoms with Crippen LogP contribution in [0.25, 0.3) is 0 Å². The van der Waals surface area contributed by atoms with E-state index >= 15 is 0 Å². The van der Waals surface area contributed by atoms with E-state index in [4.69, 9.17) is 4.74 Å². The monoisotopic (exact) mass is 475 g/mol. The first-order valence-electron chi connectivity index (χ1n) is 11.1. The number of anilines is 1. The molecule has 0 saturated heterocycles. The number of likely N-dealkylation sites (N-methyl/N-ethyl adjacent to an activating group) is 1. The summed E-state index contributed by atoms with van der Waals surface area (Å²) in [6, 6.07) is 6.90. The Bertz CT molecular complexity index is 1200. The number of rotatable bonds is 5. The second-order valence-corrected chi connectivity index (χ2v) is 10.8. The molecule has 0 aromatic heterocycles. The molecule has 0 amide bonds. The number of fused-ring (bicyclic) bond motifs is 2. The van der Waals surface area contributed by atoms with Crippen LogP contribution < -0.4 is 9.64 Å². The Morgan fingerprint density at radius 1 is 1.21 bits per heavy atom. The van der Waals surface area contributed by atoms with E-state index in [0.29, 0.717) is 17.8 Å². The number of sulfonamides is 1. The summed E-state index contributed by atoms with van der Waals surface area (Å²) >= 11 is 0. The third kappa shape index (κ3) is 4.02. The van der Waals surface area contributed by atoms with E-state index in [2.05, 4.69) is 11.8 Å². The van der Waals surface area contributed by atoms with Gasteiger partial charge in [0.15, 0.2) is 0 Å². The SMILES string of the molecule is CCN(C)CCN1CN([C@@H]2C(=O)Oc3c(C)ccc(F)c3[C@H]2C)S(=O)(=O)c2ccc(C)cc21. The predicted octanol–water partition coefficient (Wildman–Crippen LogP) is 3.25. The van der Waals surface area contributed by atoms with E-state index in [9.17, 15) is 17.6 Å². The zero-order valence-electron chi connectivity index (χ0n) is 19.6. The lowest BCUT2D eigenvalue weighted by molar-refractivity contribution is -0.141. The molecule has 0 radical (unpaired) electrons. The molecule has 2 aromatic rings. The van der Waals surface area contributed by atoms with Gasteiger partial charge >= 0.3 is 5.97 Å². The van der Waals surface area contributed by atoms with E-state index in [1.165, 1.54) is 10.4 Å². The first-order valence-corrected chi connectivity index (χ1v) is 12.6. The lowest BCUT2D eigenvalue weighted by Gasteiger charge is -2.43. The smallest absolute Gasteiger partial charge is 0.330 e. The Morgan fingerprint density at radius 2 is 1.94 bits per heavy atom. The Balaban J connectivity index is 1.79. The zero-order chi connectivity index (χ0) is 24.1. The number of halogens is 1. The molecule has 9 heteroatoms. The van der Waals surface area contributed by atoms with Crippen LogP contribution in [0.5, 0.6) is 5.75 Å². The fourth-order valence-corrected chi connectivity index (χ4v) is 6.36. The number of ether oxygens (including phenoxy) is 1. The number of nitrogens with zero attached hydrogens (tertiary/aromatic N) is 3. The molecule has 2 aliphatic heterocycles. The summed E-state index contributed by atoms with van der Waals surface area (Å²) < 4.78 is 48.9. The van der Waals surface area contributed by atoms with Crippen molar-refractivity contribution in [1.82, 2.24) is 9.21 Å². The quantitative estimate of drug-likeness (QED) is 0.489. The summed E-state index contributed by atoms with van der Waals surface area (Å²) in [4.78, 5) is 17.4. The summed E-state index contributed by atoms with van der Waals surface area (Å²) in [5.74, 6) is -1.71. The van der Waals surface area contributed by atoms with E-state index in [-0.39, 0.29) is 22.9 Å². The van der Waals surface area contributed by atoms with Crippen molar-refractivity contribution in [1.29, 1.82) is 0 Å². The van der Waals surface area contributed by atoms with Gasteiger partial charge in [-0.1, -0.05) is 26.0 Å². The minimum absolute atomic E-state index is 0.0107. The third-order valence-electron chi connectivity index (χ3n) is 6.67. The summed E-state index contributed by atoms with van der Waals surface area (Å²) in [6.07, 6.45) is 0. The highest BCUT2D eigenvalue weighted by Gasteiger charge is 2.49. The molecule has 0 saturated carbocycles. The van der Waals surface area contributed by atoms with Gasteiger partial charge in [0.2, 0.25) is 10.0 Å². The second kappa shape index (κ2) is 8.70.